The van der Waals surface area contributed by atoms with E-state index in [0.717, 1.165) is 23.3 Å². The number of thiophene rings is 1. The molecule has 1 aromatic rings. The van der Waals surface area contributed by atoms with E-state index in [1.165, 1.54) is 68.2 Å². The van der Waals surface area contributed by atoms with Gasteiger partial charge >= 0.3 is 0 Å². The van der Waals surface area contributed by atoms with Crippen molar-refractivity contribution in [3.8, 4) is 0 Å². The van der Waals surface area contributed by atoms with Crippen molar-refractivity contribution >= 4 is 17.1 Å². The quantitative estimate of drug-likeness (QED) is 0.520. The molecule has 3 rings (SSSR count). The fraction of sp³-hybridized carbons (Fsp3) is 0.611. The minimum atomic E-state index is 0.324. The van der Waals surface area contributed by atoms with Crippen LogP contribution in [0.5, 0.6) is 0 Å². The highest BCUT2D eigenvalue weighted by Gasteiger charge is 2.19. The lowest BCUT2D eigenvalue weighted by atomic mass is 9.96. The first kappa shape index (κ1) is 14.1. The molecule has 0 saturated carbocycles. The van der Waals surface area contributed by atoms with Gasteiger partial charge in [-0.05, 0) is 68.6 Å². The summed E-state index contributed by atoms with van der Waals surface area (Å²) in [6, 6.07) is 2.20. The van der Waals surface area contributed by atoms with E-state index in [9.17, 15) is 4.79 Å². The Hall–Kier alpha value is -0.890. The molecule has 0 saturated heterocycles. The van der Waals surface area contributed by atoms with Gasteiger partial charge in [-0.3, -0.25) is 4.79 Å². The zero-order chi connectivity index (χ0) is 13.8. The fourth-order valence-corrected chi connectivity index (χ4v) is 4.56. The number of carbonyl (C=O) groups is 1. The standard InChI is InChI=1S/C18H24OS/c19-18(14-9-5-2-1-3-6-10-14)17-13-15-11-7-4-8-12-16(15)20-17/h9,13H,1-8,10-12H2. The fourth-order valence-electron chi connectivity index (χ4n) is 3.34. The van der Waals surface area contributed by atoms with Crippen LogP contribution >= 0.6 is 11.3 Å². The van der Waals surface area contributed by atoms with Gasteiger partial charge in [0.1, 0.15) is 0 Å². The summed E-state index contributed by atoms with van der Waals surface area (Å²) < 4.78 is 0. The zero-order valence-electron chi connectivity index (χ0n) is 12.2. The van der Waals surface area contributed by atoms with E-state index in [4.69, 9.17) is 0 Å². The van der Waals surface area contributed by atoms with Gasteiger partial charge in [-0.25, -0.2) is 0 Å². The summed E-state index contributed by atoms with van der Waals surface area (Å²) in [6.45, 7) is 0. The lowest BCUT2D eigenvalue weighted by Crippen LogP contribution is -2.03. The Bertz CT molecular complexity index is 486. The number of carbonyl (C=O) groups excluding carboxylic acids is 1. The van der Waals surface area contributed by atoms with Gasteiger partial charge in [0, 0.05) is 4.88 Å². The summed E-state index contributed by atoms with van der Waals surface area (Å²) in [6.07, 6.45) is 15.6. The Labute approximate surface area is 126 Å². The normalized spacial score (nSPS) is 20.3. The van der Waals surface area contributed by atoms with Crippen LogP contribution in [0.3, 0.4) is 0 Å². The summed E-state index contributed by atoms with van der Waals surface area (Å²) in [5.74, 6) is 0.324. The zero-order valence-corrected chi connectivity index (χ0v) is 13.1. The van der Waals surface area contributed by atoms with Gasteiger partial charge in [-0.1, -0.05) is 25.3 Å². The van der Waals surface area contributed by atoms with Gasteiger partial charge in [0.15, 0.2) is 5.78 Å². The summed E-state index contributed by atoms with van der Waals surface area (Å²) >= 11 is 1.77. The SMILES string of the molecule is O=C(C1=CCCCCCC1)c1cc2c(s1)CCCCC2. The van der Waals surface area contributed by atoms with Crippen LogP contribution in [-0.2, 0) is 12.8 Å². The highest BCUT2D eigenvalue weighted by atomic mass is 32.1. The second-order valence-electron chi connectivity index (χ2n) is 6.13. The summed E-state index contributed by atoms with van der Waals surface area (Å²) in [4.78, 5) is 15.2. The second kappa shape index (κ2) is 6.71. The molecule has 0 amide bonds. The number of rotatable bonds is 2. The number of hydrogen-bond acceptors (Lipinski definition) is 2. The van der Waals surface area contributed by atoms with Crippen molar-refractivity contribution in [1.29, 1.82) is 0 Å². The van der Waals surface area contributed by atoms with Crippen LogP contribution in [0, 0.1) is 0 Å². The van der Waals surface area contributed by atoms with E-state index in [2.05, 4.69) is 12.1 Å². The van der Waals surface area contributed by atoms with Gasteiger partial charge in [0.25, 0.3) is 0 Å². The molecule has 20 heavy (non-hydrogen) atoms. The lowest BCUT2D eigenvalue weighted by Gasteiger charge is -2.09. The van der Waals surface area contributed by atoms with Crippen LogP contribution in [-0.4, -0.2) is 5.78 Å². The molecule has 0 aromatic carbocycles. The monoisotopic (exact) mass is 288 g/mol. The predicted octanol–water partition coefficient (Wildman–Crippen LogP) is 5.48. The lowest BCUT2D eigenvalue weighted by molar-refractivity contribution is 0.103. The molecular weight excluding hydrogens is 264 g/mol. The highest BCUT2D eigenvalue weighted by Crippen LogP contribution is 2.31. The topological polar surface area (TPSA) is 17.1 Å². The molecule has 0 bridgehead atoms. The molecule has 1 aromatic heterocycles. The smallest absolute Gasteiger partial charge is 0.198 e. The molecule has 0 spiro atoms. The Morgan fingerprint density at radius 1 is 0.900 bits per heavy atom. The summed E-state index contributed by atoms with van der Waals surface area (Å²) in [7, 11) is 0. The Morgan fingerprint density at radius 3 is 2.60 bits per heavy atom. The summed E-state index contributed by atoms with van der Waals surface area (Å²) in [5, 5.41) is 0. The molecule has 0 aliphatic heterocycles. The average molecular weight is 288 g/mol. The predicted molar refractivity (Wildman–Crippen MR) is 85.7 cm³/mol. The molecule has 0 N–H and O–H groups in total. The third-order valence-corrected chi connectivity index (χ3v) is 5.79. The average Bonchev–Trinajstić information content (AvgIpc) is 2.69. The van der Waals surface area contributed by atoms with E-state index in [1.54, 1.807) is 11.3 Å². The minimum Gasteiger partial charge on any atom is -0.288 e. The Balaban J connectivity index is 1.79. The maximum absolute atomic E-state index is 12.7. The van der Waals surface area contributed by atoms with Crippen molar-refractivity contribution in [2.75, 3.05) is 0 Å². The van der Waals surface area contributed by atoms with Gasteiger partial charge in [0.05, 0.1) is 4.88 Å². The number of ketones is 1. The minimum absolute atomic E-state index is 0.324. The van der Waals surface area contributed by atoms with Crippen molar-refractivity contribution < 1.29 is 4.79 Å². The van der Waals surface area contributed by atoms with Crippen molar-refractivity contribution in [2.24, 2.45) is 0 Å². The maximum Gasteiger partial charge on any atom is 0.198 e. The van der Waals surface area contributed by atoms with Crippen LogP contribution in [0.4, 0.5) is 0 Å². The maximum atomic E-state index is 12.7. The van der Waals surface area contributed by atoms with E-state index in [1.807, 2.05) is 0 Å². The molecule has 2 aliphatic carbocycles. The number of hydrogen-bond donors (Lipinski definition) is 0. The summed E-state index contributed by atoms with van der Waals surface area (Å²) in [5.41, 5.74) is 2.54. The van der Waals surface area contributed by atoms with Crippen molar-refractivity contribution in [3.63, 3.8) is 0 Å². The first-order valence-corrected chi connectivity index (χ1v) is 9.01. The van der Waals surface area contributed by atoms with Gasteiger partial charge in [-0.2, -0.15) is 0 Å². The second-order valence-corrected chi connectivity index (χ2v) is 7.27. The van der Waals surface area contributed by atoms with Crippen LogP contribution in [0.15, 0.2) is 17.7 Å². The molecule has 0 fully saturated rings. The highest BCUT2D eigenvalue weighted by molar-refractivity contribution is 7.14. The first-order chi connectivity index (χ1) is 9.84. The van der Waals surface area contributed by atoms with Crippen molar-refractivity contribution in [2.45, 2.75) is 70.6 Å². The molecule has 0 unspecified atom stereocenters. The van der Waals surface area contributed by atoms with Crippen LogP contribution in [0.2, 0.25) is 0 Å². The van der Waals surface area contributed by atoms with Crippen LogP contribution in [0.25, 0.3) is 0 Å². The Kier molecular flexibility index (Phi) is 4.72. The third kappa shape index (κ3) is 3.22. The molecular formula is C18H24OS. The number of aryl methyl sites for hydroxylation is 2. The molecule has 1 heterocycles. The number of allylic oxidation sites excluding steroid dienone is 2. The van der Waals surface area contributed by atoms with Gasteiger partial charge in [-0.15, -0.1) is 11.3 Å². The Morgan fingerprint density at radius 2 is 1.65 bits per heavy atom. The molecule has 2 heteroatoms. The molecule has 0 radical (unpaired) electrons. The third-order valence-electron chi connectivity index (χ3n) is 4.55. The molecule has 108 valence electrons. The first-order valence-electron chi connectivity index (χ1n) is 8.20. The van der Waals surface area contributed by atoms with E-state index in [-0.39, 0.29) is 0 Å². The van der Waals surface area contributed by atoms with Crippen molar-refractivity contribution in [1.82, 2.24) is 0 Å². The van der Waals surface area contributed by atoms with Crippen LogP contribution < -0.4 is 0 Å². The molecule has 1 nitrogen and oxygen atoms in total. The van der Waals surface area contributed by atoms with E-state index in [0.29, 0.717) is 5.78 Å². The van der Waals surface area contributed by atoms with Crippen molar-refractivity contribution in [3.05, 3.63) is 33.0 Å². The number of fused-ring (bicyclic) bond motifs is 1. The van der Waals surface area contributed by atoms with E-state index >= 15 is 0 Å². The van der Waals surface area contributed by atoms with Gasteiger partial charge < -0.3 is 0 Å². The number of Topliss-reactive ketones (excluding diaryl/α,β-unsaturated/α-hetero) is 1. The molecule has 0 atom stereocenters. The van der Waals surface area contributed by atoms with E-state index < -0.39 is 0 Å². The van der Waals surface area contributed by atoms with Gasteiger partial charge in [0.2, 0.25) is 0 Å². The van der Waals surface area contributed by atoms with Crippen LogP contribution in [0.1, 0.15) is 77.9 Å². The largest absolute Gasteiger partial charge is 0.288 e. The molecule has 2 aliphatic rings.